The number of anilines is 1. The summed E-state index contributed by atoms with van der Waals surface area (Å²) >= 11 is 3.58. The van der Waals surface area contributed by atoms with Crippen LogP contribution < -0.4 is 5.32 Å². The number of ether oxygens (including phenoxy) is 1. The van der Waals surface area contributed by atoms with Crippen LogP contribution in [0.2, 0.25) is 0 Å². The van der Waals surface area contributed by atoms with Gasteiger partial charge >= 0.3 is 0 Å². The van der Waals surface area contributed by atoms with Crippen LogP contribution in [0.3, 0.4) is 0 Å². The van der Waals surface area contributed by atoms with E-state index in [1.807, 2.05) is 14.0 Å². The Morgan fingerprint density at radius 3 is 2.76 bits per heavy atom. The molecule has 0 bridgehead atoms. The van der Waals surface area contributed by atoms with Crippen molar-refractivity contribution in [3.63, 3.8) is 0 Å². The zero-order valence-electron chi connectivity index (χ0n) is 10.3. The van der Waals surface area contributed by atoms with Gasteiger partial charge in [0.25, 0.3) is 0 Å². The minimum absolute atomic E-state index is 0.616. The number of nitrogens with zero attached hydrogens (tertiary/aromatic N) is 2. The fraction of sp³-hybridized carbons (Fsp3) is 0.667. The number of halogens is 1. The van der Waals surface area contributed by atoms with Gasteiger partial charge in [0.1, 0.15) is 11.6 Å². The Balaban J connectivity index is 2.17. The van der Waals surface area contributed by atoms with Crippen LogP contribution >= 0.6 is 15.9 Å². The number of hydrogen-bond acceptors (Lipinski definition) is 4. The molecule has 0 unspecified atom stereocenters. The van der Waals surface area contributed by atoms with Crippen LogP contribution in [0.5, 0.6) is 0 Å². The Bertz CT molecular complexity index is 394. The average molecular weight is 300 g/mol. The predicted molar refractivity (Wildman–Crippen MR) is 71.5 cm³/mol. The third kappa shape index (κ3) is 3.16. The Kier molecular flexibility index (Phi) is 4.34. The van der Waals surface area contributed by atoms with Gasteiger partial charge in [-0.05, 0) is 35.7 Å². The molecule has 0 spiro atoms. The summed E-state index contributed by atoms with van der Waals surface area (Å²) in [5.74, 6) is 2.37. The first kappa shape index (κ1) is 12.8. The third-order valence-corrected chi connectivity index (χ3v) is 3.58. The molecule has 4 nitrogen and oxygen atoms in total. The summed E-state index contributed by atoms with van der Waals surface area (Å²) in [5, 5.41) is 3.11. The minimum Gasteiger partial charge on any atom is -0.381 e. The van der Waals surface area contributed by atoms with E-state index in [1.54, 1.807) is 0 Å². The summed E-state index contributed by atoms with van der Waals surface area (Å²) < 4.78 is 6.36. The van der Waals surface area contributed by atoms with E-state index >= 15 is 0 Å². The van der Waals surface area contributed by atoms with Crippen molar-refractivity contribution in [2.45, 2.75) is 32.1 Å². The van der Waals surface area contributed by atoms with E-state index in [0.29, 0.717) is 12.5 Å². The van der Waals surface area contributed by atoms with Crippen LogP contribution in [0.15, 0.2) is 4.47 Å². The monoisotopic (exact) mass is 299 g/mol. The molecule has 1 aromatic heterocycles. The SMILES string of the molecule is CCOCCc1nc(NC)c(Br)c(C2CC2)n1. The highest BCUT2D eigenvalue weighted by Crippen LogP contribution is 2.43. The first-order chi connectivity index (χ1) is 8.26. The van der Waals surface area contributed by atoms with E-state index in [4.69, 9.17) is 4.74 Å². The topological polar surface area (TPSA) is 47.0 Å². The average Bonchev–Trinajstić information content (AvgIpc) is 3.15. The summed E-state index contributed by atoms with van der Waals surface area (Å²) in [7, 11) is 1.89. The summed E-state index contributed by atoms with van der Waals surface area (Å²) in [6.07, 6.45) is 3.25. The standard InChI is InChI=1S/C12H18BrN3O/c1-3-17-7-6-9-15-11(8-4-5-8)10(13)12(14-2)16-9/h8H,3-7H2,1-2H3,(H,14,15,16). The van der Waals surface area contributed by atoms with Gasteiger partial charge in [-0.25, -0.2) is 9.97 Å². The number of nitrogens with one attached hydrogen (secondary N) is 1. The molecular formula is C12H18BrN3O. The first-order valence-electron chi connectivity index (χ1n) is 6.08. The second kappa shape index (κ2) is 5.78. The molecular weight excluding hydrogens is 282 g/mol. The van der Waals surface area contributed by atoms with Crippen LogP contribution in [-0.2, 0) is 11.2 Å². The summed E-state index contributed by atoms with van der Waals surface area (Å²) in [4.78, 5) is 9.12. The van der Waals surface area contributed by atoms with E-state index in [9.17, 15) is 0 Å². The lowest BCUT2D eigenvalue weighted by Gasteiger charge is -2.10. The van der Waals surface area contributed by atoms with E-state index in [2.05, 4.69) is 31.2 Å². The van der Waals surface area contributed by atoms with Crippen molar-refractivity contribution in [1.82, 2.24) is 9.97 Å². The Morgan fingerprint density at radius 2 is 2.18 bits per heavy atom. The van der Waals surface area contributed by atoms with Crippen molar-refractivity contribution < 1.29 is 4.74 Å². The Hall–Kier alpha value is -0.680. The smallest absolute Gasteiger partial charge is 0.144 e. The van der Waals surface area contributed by atoms with Crippen molar-refractivity contribution in [1.29, 1.82) is 0 Å². The molecule has 0 radical (unpaired) electrons. The zero-order valence-corrected chi connectivity index (χ0v) is 11.9. The van der Waals surface area contributed by atoms with Crippen LogP contribution in [0.1, 0.15) is 37.2 Å². The van der Waals surface area contributed by atoms with E-state index in [1.165, 1.54) is 12.8 Å². The minimum atomic E-state index is 0.616. The molecule has 94 valence electrons. The Labute approximate surface area is 110 Å². The van der Waals surface area contributed by atoms with Gasteiger partial charge < -0.3 is 10.1 Å². The van der Waals surface area contributed by atoms with Gasteiger partial charge in [-0.3, -0.25) is 0 Å². The highest BCUT2D eigenvalue weighted by Gasteiger charge is 2.29. The molecule has 1 aromatic rings. The first-order valence-corrected chi connectivity index (χ1v) is 6.87. The van der Waals surface area contributed by atoms with Crippen LogP contribution in [-0.4, -0.2) is 30.2 Å². The summed E-state index contributed by atoms with van der Waals surface area (Å²) in [6, 6.07) is 0. The molecule has 0 amide bonds. The maximum atomic E-state index is 5.35. The van der Waals surface area contributed by atoms with Gasteiger partial charge in [-0.15, -0.1) is 0 Å². The highest BCUT2D eigenvalue weighted by molar-refractivity contribution is 9.10. The van der Waals surface area contributed by atoms with Crippen molar-refractivity contribution >= 4 is 21.7 Å². The molecule has 1 aliphatic carbocycles. The second-order valence-electron chi connectivity index (χ2n) is 4.16. The molecule has 1 N–H and O–H groups in total. The lowest BCUT2D eigenvalue weighted by atomic mass is 10.2. The zero-order chi connectivity index (χ0) is 12.3. The molecule has 0 saturated heterocycles. The van der Waals surface area contributed by atoms with Gasteiger partial charge in [-0.1, -0.05) is 0 Å². The van der Waals surface area contributed by atoms with E-state index < -0.39 is 0 Å². The van der Waals surface area contributed by atoms with Gasteiger partial charge in [0.15, 0.2) is 0 Å². The van der Waals surface area contributed by atoms with Crippen LogP contribution in [0.4, 0.5) is 5.82 Å². The maximum absolute atomic E-state index is 5.35. The van der Waals surface area contributed by atoms with Gasteiger partial charge in [-0.2, -0.15) is 0 Å². The van der Waals surface area contributed by atoms with Crippen molar-refractivity contribution in [3.8, 4) is 0 Å². The lowest BCUT2D eigenvalue weighted by Crippen LogP contribution is -2.08. The largest absolute Gasteiger partial charge is 0.381 e. The molecule has 0 aromatic carbocycles. The van der Waals surface area contributed by atoms with Gasteiger partial charge in [0, 0.05) is 26.0 Å². The molecule has 1 aliphatic rings. The van der Waals surface area contributed by atoms with E-state index in [0.717, 1.165) is 34.8 Å². The number of rotatable bonds is 6. The fourth-order valence-corrected chi connectivity index (χ4v) is 2.42. The quantitative estimate of drug-likeness (QED) is 0.821. The maximum Gasteiger partial charge on any atom is 0.144 e. The molecule has 2 rings (SSSR count). The van der Waals surface area contributed by atoms with Gasteiger partial charge in [0.05, 0.1) is 16.8 Å². The summed E-state index contributed by atoms with van der Waals surface area (Å²) in [6.45, 7) is 3.42. The highest BCUT2D eigenvalue weighted by atomic mass is 79.9. The van der Waals surface area contributed by atoms with Crippen LogP contribution in [0.25, 0.3) is 0 Å². The normalized spacial score (nSPS) is 15.0. The molecule has 0 aliphatic heterocycles. The molecule has 1 heterocycles. The number of aromatic nitrogens is 2. The molecule has 1 saturated carbocycles. The van der Waals surface area contributed by atoms with Crippen molar-refractivity contribution in [2.24, 2.45) is 0 Å². The van der Waals surface area contributed by atoms with Gasteiger partial charge in [0.2, 0.25) is 0 Å². The van der Waals surface area contributed by atoms with Crippen LogP contribution in [0, 0.1) is 0 Å². The molecule has 1 fully saturated rings. The number of hydrogen-bond donors (Lipinski definition) is 1. The van der Waals surface area contributed by atoms with E-state index in [-0.39, 0.29) is 0 Å². The third-order valence-electron chi connectivity index (χ3n) is 2.80. The van der Waals surface area contributed by atoms with Crippen molar-refractivity contribution in [2.75, 3.05) is 25.6 Å². The molecule has 17 heavy (non-hydrogen) atoms. The molecule has 5 heteroatoms. The lowest BCUT2D eigenvalue weighted by molar-refractivity contribution is 0.149. The fourth-order valence-electron chi connectivity index (χ4n) is 1.73. The summed E-state index contributed by atoms with van der Waals surface area (Å²) in [5.41, 5.74) is 1.15. The van der Waals surface area contributed by atoms with Crippen molar-refractivity contribution in [3.05, 3.63) is 16.0 Å². The molecule has 0 atom stereocenters. The Morgan fingerprint density at radius 1 is 1.41 bits per heavy atom. The predicted octanol–water partition coefficient (Wildman–Crippen LogP) is 2.74. The second-order valence-corrected chi connectivity index (χ2v) is 4.95.